The predicted molar refractivity (Wildman–Crippen MR) is 119 cm³/mol. The highest BCUT2D eigenvalue weighted by Gasteiger charge is 2.27. The number of benzene rings is 1. The number of aromatic amines is 1. The Hall–Kier alpha value is -3.95. The van der Waals surface area contributed by atoms with Crippen molar-refractivity contribution < 1.29 is 4.79 Å². The molecule has 32 heavy (non-hydrogen) atoms. The largest absolute Gasteiger partial charge is 0.338 e. The number of fused-ring (bicyclic) bond motifs is 2. The summed E-state index contributed by atoms with van der Waals surface area (Å²) in [6, 6.07) is 9.07. The van der Waals surface area contributed by atoms with Gasteiger partial charge in [0.05, 0.1) is 22.0 Å². The second kappa shape index (κ2) is 7.33. The van der Waals surface area contributed by atoms with E-state index in [0.29, 0.717) is 31.5 Å². The monoisotopic (exact) mass is 434 g/mol. The molecule has 10 heteroatoms. The van der Waals surface area contributed by atoms with Gasteiger partial charge in [-0.2, -0.15) is 0 Å². The molecule has 0 spiro atoms. The Kier molecular flexibility index (Phi) is 4.58. The fourth-order valence-electron chi connectivity index (χ4n) is 4.53. The number of hydrogen-bond acceptors (Lipinski definition) is 5. The average molecular weight is 434 g/mol. The lowest BCUT2D eigenvalue weighted by Gasteiger charge is -2.32. The maximum Gasteiger partial charge on any atom is 0.332 e. The van der Waals surface area contributed by atoms with E-state index in [2.05, 4.69) is 9.97 Å². The van der Waals surface area contributed by atoms with Crippen LogP contribution in [0.1, 0.15) is 29.2 Å². The molecule has 164 valence electrons. The van der Waals surface area contributed by atoms with Gasteiger partial charge in [-0.1, -0.05) is 12.1 Å². The lowest BCUT2D eigenvalue weighted by Crippen LogP contribution is -2.41. The Bertz CT molecular complexity index is 1550. The van der Waals surface area contributed by atoms with Crippen molar-refractivity contribution in [3.8, 4) is 0 Å². The summed E-state index contributed by atoms with van der Waals surface area (Å²) in [6.07, 6.45) is 2.69. The smallest absolute Gasteiger partial charge is 0.332 e. The summed E-state index contributed by atoms with van der Waals surface area (Å²) < 4.78 is 4.07. The standard InChI is InChI=1S/C22H22N6O4/c1-25-18-15(20(30)26(2)22(25)32)11-13(12-23-18)19(29)27-9-7-14(8-10-27)28-17-6-4-3-5-16(17)24-21(28)31/h3-6,11-12,14H,7-10H2,1-2H3,(H,24,31). The molecular formula is C22H22N6O4. The Morgan fingerprint density at radius 1 is 1.06 bits per heavy atom. The van der Waals surface area contributed by atoms with Crippen LogP contribution in [0.15, 0.2) is 50.9 Å². The van der Waals surface area contributed by atoms with Gasteiger partial charge in [0.15, 0.2) is 0 Å². The first-order valence-electron chi connectivity index (χ1n) is 10.4. The Morgan fingerprint density at radius 3 is 2.53 bits per heavy atom. The Balaban J connectivity index is 1.40. The number of nitrogens with one attached hydrogen (secondary N) is 1. The van der Waals surface area contributed by atoms with Crippen molar-refractivity contribution in [2.24, 2.45) is 14.1 Å². The van der Waals surface area contributed by atoms with Crippen LogP contribution < -0.4 is 16.9 Å². The lowest BCUT2D eigenvalue weighted by molar-refractivity contribution is 0.0695. The van der Waals surface area contributed by atoms with Gasteiger partial charge in [-0.15, -0.1) is 0 Å². The maximum atomic E-state index is 13.1. The SMILES string of the molecule is Cn1c(=O)c2cc(C(=O)N3CCC(n4c(=O)[nH]c5ccccc54)CC3)cnc2n(C)c1=O. The first-order chi connectivity index (χ1) is 15.4. The van der Waals surface area contributed by atoms with Crippen LogP contribution >= 0.6 is 0 Å². The zero-order valence-corrected chi connectivity index (χ0v) is 17.7. The van der Waals surface area contributed by atoms with Crippen LogP contribution in [0.5, 0.6) is 0 Å². The van der Waals surface area contributed by atoms with Gasteiger partial charge in [-0.05, 0) is 31.0 Å². The van der Waals surface area contributed by atoms with Crippen LogP contribution in [-0.4, -0.2) is 47.6 Å². The highest BCUT2D eigenvalue weighted by atomic mass is 16.2. The van der Waals surface area contributed by atoms with Crippen molar-refractivity contribution in [1.82, 2.24) is 28.6 Å². The van der Waals surface area contributed by atoms with E-state index in [4.69, 9.17) is 0 Å². The second-order valence-electron chi connectivity index (χ2n) is 8.14. The molecule has 0 atom stereocenters. The van der Waals surface area contributed by atoms with Crippen molar-refractivity contribution in [2.75, 3.05) is 13.1 Å². The van der Waals surface area contributed by atoms with Gasteiger partial charge in [0.1, 0.15) is 5.65 Å². The van der Waals surface area contributed by atoms with E-state index in [1.807, 2.05) is 24.3 Å². The molecule has 0 saturated carbocycles. The number of rotatable bonds is 2. The van der Waals surface area contributed by atoms with Crippen LogP contribution in [0.25, 0.3) is 22.1 Å². The van der Waals surface area contributed by atoms with Crippen LogP contribution in [0.3, 0.4) is 0 Å². The third-order valence-electron chi connectivity index (χ3n) is 6.28. The summed E-state index contributed by atoms with van der Waals surface area (Å²) in [5.41, 5.74) is 1.11. The summed E-state index contributed by atoms with van der Waals surface area (Å²) in [4.78, 5) is 59.0. The minimum atomic E-state index is -0.484. The number of para-hydroxylation sites is 2. The van der Waals surface area contributed by atoms with Gasteiger partial charge in [-0.3, -0.25) is 23.3 Å². The van der Waals surface area contributed by atoms with E-state index in [-0.39, 0.29) is 28.7 Å². The molecule has 1 fully saturated rings. The fourth-order valence-corrected chi connectivity index (χ4v) is 4.53. The van der Waals surface area contributed by atoms with E-state index in [0.717, 1.165) is 15.6 Å². The Labute approximate surface area is 181 Å². The van der Waals surface area contributed by atoms with Crippen molar-refractivity contribution in [3.05, 3.63) is 73.4 Å². The normalized spacial score (nSPS) is 15.0. The van der Waals surface area contributed by atoms with Crippen LogP contribution in [-0.2, 0) is 14.1 Å². The number of aryl methyl sites for hydroxylation is 1. The van der Waals surface area contributed by atoms with Gasteiger partial charge in [0, 0.05) is 39.4 Å². The van der Waals surface area contributed by atoms with Crippen LogP contribution in [0.2, 0.25) is 0 Å². The van der Waals surface area contributed by atoms with Gasteiger partial charge in [-0.25, -0.2) is 14.6 Å². The number of nitrogens with zero attached hydrogens (tertiary/aromatic N) is 5. The second-order valence-corrected chi connectivity index (χ2v) is 8.14. The van der Waals surface area contributed by atoms with Crippen molar-refractivity contribution >= 4 is 28.0 Å². The lowest BCUT2D eigenvalue weighted by atomic mass is 10.0. The molecule has 1 aromatic carbocycles. The number of H-pyrrole nitrogens is 1. The van der Waals surface area contributed by atoms with Crippen molar-refractivity contribution in [3.63, 3.8) is 0 Å². The van der Waals surface area contributed by atoms with Crippen LogP contribution in [0, 0.1) is 0 Å². The fraction of sp³-hybridized carbons (Fsp3) is 0.318. The Morgan fingerprint density at radius 2 is 1.78 bits per heavy atom. The zero-order chi connectivity index (χ0) is 22.6. The first kappa shape index (κ1) is 20.0. The molecule has 10 nitrogen and oxygen atoms in total. The number of hydrogen-bond donors (Lipinski definition) is 1. The van der Waals surface area contributed by atoms with E-state index in [9.17, 15) is 19.2 Å². The third kappa shape index (κ3) is 2.98. The van der Waals surface area contributed by atoms with Crippen molar-refractivity contribution in [1.29, 1.82) is 0 Å². The summed E-state index contributed by atoms with van der Waals surface area (Å²) in [6.45, 7) is 0.970. The maximum absolute atomic E-state index is 13.1. The topological polar surface area (TPSA) is 115 Å². The van der Waals surface area contributed by atoms with Gasteiger partial charge in [0.2, 0.25) is 0 Å². The zero-order valence-electron chi connectivity index (χ0n) is 17.7. The predicted octanol–water partition coefficient (Wildman–Crippen LogP) is 0.752. The number of carbonyl (C=O) groups excluding carboxylic acids is 1. The molecule has 0 radical (unpaired) electrons. The number of likely N-dealkylation sites (tertiary alicyclic amines) is 1. The average Bonchev–Trinajstić information content (AvgIpc) is 3.16. The number of amides is 1. The number of carbonyl (C=O) groups is 1. The molecule has 1 aliphatic rings. The van der Waals surface area contributed by atoms with Crippen LogP contribution in [0.4, 0.5) is 0 Å². The molecular weight excluding hydrogens is 412 g/mol. The summed E-state index contributed by atoms with van der Waals surface area (Å²) >= 11 is 0. The number of piperidine rings is 1. The van der Waals surface area contributed by atoms with E-state index < -0.39 is 11.2 Å². The molecule has 0 unspecified atom stereocenters. The molecule has 1 aliphatic heterocycles. The van der Waals surface area contributed by atoms with Gasteiger partial charge >= 0.3 is 11.4 Å². The van der Waals surface area contributed by atoms with E-state index in [1.54, 1.807) is 9.47 Å². The minimum Gasteiger partial charge on any atom is -0.338 e. The highest BCUT2D eigenvalue weighted by molar-refractivity contribution is 5.96. The molecule has 1 amide bonds. The summed E-state index contributed by atoms with van der Waals surface area (Å²) in [5, 5.41) is 0.223. The molecule has 1 saturated heterocycles. The number of aromatic nitrogens is 5. The van der Waals surface area contributed by atoms with Crippen molar-refractivity contribution in [2.45, 2.75) is 18.9 Å². The molecule has 1 N–H and O–H groups in total. The molecule has 0 aliphatic carbocycles. The number of pyridine rings is 1. The van der Waals surface area contributed by atoms with E-state index in [1.165, 1.54) is 30.9 Å². The third-order valence-corrected chi connectivity index (χ3v) is 6.28. The number of imidazole rings is 1. The highest BCUT2D eigenvalue weighted by Crippen LogP contribution is 2.25. The summed E-state index contributed by atoms with van der Waals surface area (Å²) in [7, 11) is 2.94. The molecule has 0 bridgehead atoms. The van der Waals surface area contributed by atoms with Gasteiger partial charge in [0.25, 0.3) is 11.5 Å². The minimum absolute atomic E-state index is 0.000697. The molecule has 3 aromatic heterocycles. The molecule has 5 rings (SSSR count). The summed E-state index contributed by atoms with van der Waals surface area (Å²) in [5.74, 6) is -0.222. The quantitative estimate of drug-likeness (QED) is 0.500. The van der Waals surface area contributed by atoms with Gasteiger partial charge < -0.3 is 9.88 Å². The molecule has 4 heterocycles. The first-order valence-corrected chi connectivity index (χ1v) is 10.4. The molecule has 4 aromatic rings. The van der Waals surface area contributed by atoms with E-state index >= 15 is 0 Å².